The van der Waals surface area contributed by atoms with Crippen LogP contribution in [-0.2, 0) is 0 Å². The van der Waals surface area contributed by atoms with Crippen LogP contribution in [0.15, 0.2) is 36.4 Å². The quantitative estimate of drug-likeness (QED) is 0.184. The number of para-hydroxylation sites is 1. The minimum atomic E-state index is -0.323. The van der Waals surface area contributed by atoms with E-state index in [1.807, 2.05) is 30.3 Å². The summed E-state index contributed by atoms with van der Waals surface area (Å²) in [6, 6.07) is 11.2. The maximum atomic E-state index is 12.1. The Morgan fingerprint density at radius 3 is 2.05 bits per heavy atom. The summed E-state index contributed by atoms with van der Waals surface area (Å²) in [4.78, 5) is 12.1. The van der Waals surface area contributed by atoms with Gasteiger partial charge in [0.2, 0.25) is 0 Å². The Morgan fingerprint density at radius 1 is 0.895 bits per heavy atom. The van der Waals surface area contributed by atoms with Gasteiger partial charge in [0.05, 0.1) is 9.13 Å². The fraction of sp³-hybridized carbons (Fsp3) is 0. The van der Waals surface area contributed by atoms with Crippen LogP contribution in [0.4, 0.5) is 0 Å². The van der Waals surface area contributed by atoms with Crippen molar-refractivity contribution in [1.82, 2.24) is 0 Å². The molecule has 2 aromatic carbocycles. The maximum Gasteiger partial charge on any atom is 0.343 e. The van der Waals surface area contributed by atoms with Gasteiger partial charge in [-0.15, -0.1) is 0 Å². The predicted molar refractivity (Wildman–Crippen MR) is 109 cm³/mol. The van der Waals surface area contributed by atoms with E-state index in [0.29, 0.717) is 11.3 Å². The van der Waals surface area contributed by atoms with Crippen molar-refractivity contribution in [2.24, 2.45) is 0 Å². The van der Waals surface area contributed by atoms with Gasteiger partial charge >= 0.3 is 5.97 Å². The third-order valence-electron chi connectivity index (χ3n) is 2.26. The number of carbonyl (C=O) groups excluding carboxylic acids is 1. The molecular weight excluding hydrogens is 696 g/mol. The normalized spacial score (nSPS) is 10.3. The summed E-state index contributed by atoms with van der Waals surface area (Å²) >= 11 is 8.87. The minimum Gasteiger partial charge on any atom is -0.422 e. The molecule has 0 amide bonds. The van der Waals surface area contributed by atoms with Crippen molar-refractivity contribution < 1.29 is 9.53 Å². The van der Waals surface area contributed by atoms with E-state index in [2.05, 4.69) is 90.4 Å². The molecule has 0 aliphatic heterocycles. The van der Waals surface area contributed by atoms with Crippen molar-refractivity contribution >= 4 is 96.3 Å². The average Bonchev–Trinajstić information content (AvgIpc) is 2.38. The summed E-state index contributed by atoms with van der Waals surface area (Å²) in [7, 11) is 0. The van der Waals surface area contributed by atoms with E-state index < -0.39 is 0 Å². The van der Waals surface area contributed by atoms with Gasteiger partial charge in [0, 0.05) is 10.7 Å². The molecular formula is C13H6I4O2. The van der Waals surface area contributed by atoms with Crippen LogP contribution in [0, 0.1) is 14.3 Å². The summed E-state index contributed by atoms with van der Waals surface area (Å²) < 4.78 is 9.61. The molecule has 0 aromatic heterocycles. The van der Waals surface area contributed by atoms with Gasteiger partial charge in [-0.25, -0.2) is 4.79 Å². The van der Waals surface area contributed by atoms with E-state index in [1.54, 1.807) is 6.07 Å². The van der Waals surface area contributed by atoms with E-state index >= 15 is 0 Å². The van der Waals surface area contributed by atoms with Crippen molar-refractivity contribution in [3.05, 3.63) is 56.2 Å². The van der Waals surface area contributed by atoms with E-state index in [0.717, 1.165) is 14.3 Å². The van der Waals surface area contributed by atoms with Crippen molar-refractivity contribution in [1.29, 1.82) is 0 Å². The van der Waals surface area contributed by atoms with Gasteiger partial charge in [0.1, 0.15) is 5.75 Å². The fourth-order valence-electron chi connectivity index (χ4n) is 1.36. The van der Waals surface area contributed by atoms with Crippen LogP contribution >= 0.6 is 90.4 Å². The predicted octanol–water partition coefficient (Wildman–Crippen LogP) is 5.32. The molecule has 6 heteroatoms. The number of carbonyl (C=O) groups is 1. The Labute approximate surface area is 165 Å². The van der Waals surface area contributed by atoms with Gasteiger partial charge in [-0.2, -0.15) is 0 Å². The molecule has 2 nitrogen and oxygen atoms in total. The van der Waals surface area contributed by atoms with Crippen LogP contribution in [0.2, 0.25) is 0 Å². The van der Waals surface area contributed by atoms with Gasteiger partial charge in [-0.05, 0) is 115 Å². The Balaban J connectivity index is 2.28. The second-order valence-electron chi connectivity index (χ2n) is 3.57. The second-order valence-corrected chi connectivity index (χ2v) is 8.14. The molecule has 0 atom stereocenters. The van der Waals surface area contributed by atoms with Gasteiger partial charge < -0.3 is 4.74 Å². The first kappa shape index (κ1) is 16.2. The molecule has 0 saturated carbocycles. The van der Waals surface area contributed by atoms with E-state index in [9.17, 15) is 4.79 Å². The van der Waals surface area contributed by atoms with E-state index in [4.69, 9.17) is 4.74 Å². The molecule has 98 valence electrons. The topological polar surface area (TPSA) is 26.3 Å². The number of hydrogen-bond acceptors (Lipinski definition) is 2. The average molecular weight is 702 g/mol. The fourth-order valence-corrected chi connectivity index (χ4v) is 3.94. The van der Waals surface area contributed by atoms with Crippen molar-refractivity contribution in [3.63, 3.8) is 0 Å². The van der Waals surface area contributed by atoms with Crippen LogP contribution in [-0.4, -0.2) is 5.97 Å². The van der Waals surface area contributed by atoms with Crippen LogP contribution in [0.3, 0.4) is 0 Å². The molecule has 19 heavy (non-hydrogen) atoms. The first-order valence-corrected chi connectivity index (χ1v) is 9.42. The Hall–Kier alpha value is 0.830. The monoisotopic (exact) mass is 702 g/mol. The SMILES string of the molecule is O=C(Oc1ccccc1I)c1cc(I)c(I)c(I)c1. The molecule has 2 rings (SSSR count). The standard InChI is InChI=1S/C13H6I4O2/c14-8-3-1-2-4-11(8)19-13(18)7-5-9(15)12(17)10(16)6-7/h1-6H. The third kappa shape index (κ3) is 4.15. The number of halogens is 4. The lowest BCUT2D eigenvalue weighted by Crippen LogP contribution is -2.10. The molecule has 0 N–H and O–H groups in total. The molecule has 0 radical (unpaired) electrons. The van der Waals surface area contributed by atoms with Gasteiger partial charge in [-0.1, -0.05) is 12.1 Å². The van der Waals surface area contributed by atoms with Crippen LogP contribution in [0.25, 0.3) is 0 Å². The zero-order valence-corrected chi connectivity index (χ0v) is 17.9. The zero-order valence-electron chi connectivity index (χ0n) is 9.29. The number of hydrogen-bond donors (Lipinski definition) is 0. The first-order chi connectivity index (χ1) is 8.99. The smallest absolute Gasteiger partial charge is 0.343 e. The molecule has 0 unspecified atom stereocenters. The van der Waals surface area contributed by atoms with Crippen LogP contribution in [0.1, 0.15) is 10.4 Å². The number of benzene rings is 2. The molecule has 0 aliphatic rings. The minimum absolute atomic E-state index is 0.323. The van der Waals surface area contributed by atoms with Gasteiger partial charge in [0.25, 0.3) is 0 Å². The highest BCUT2D eigenvalue weighted by Gasteiger charge is 2.14. The Bertz CT molecular complexity index is 617. The molecule has 0 spiro atoms. The summed E-state index contributed by atoms with van der Waals surface area (Å²) in [5.74, 6) is 0.271. The lowest BCUT2D eigenvalue weighted by molar-refractivity contribution is 0.0733. The number of ether oxygens (including phenoxy) is 1. The van der Waals surface area contributed by atoms with Crippen molar-refractivity contribution in [2.75, 3.05) is 0 Å². The lowest BCUT2D eigenvalue weighted by atomic mass is 10.2. The first-order valence-electron chi connectivity index (χ1n) is 5.10. The summed E-state index contributed by atoms with van der Waals surface area (Å²) in [6.07, 6.45) is 0. The van der Waals surface area contributed by atoms with Crippen LogP contribution in [0.5, 0.6) is 5.75 Å². The lowest BCUT2D eigenvalue weighted by Gasteiger charge is -2.08. The molecule has 0 saturated heterocycles. The highest BCUT2D eigenvalue weighted by atomic mass is 127. The molecule has 0 fully saturated rings. The number of rotatable bonds is 2. The molecule has 2 aromatic rings. The largest absolute Gasteiger partial charge is 0.422 e. The number of esters is 1. The molecule has 0 aliphatic carbocycles. The van der Waals surface area contributed by atoms with E-state index in [1.165, 1.54) is 0 Å². The Kier molecular flexibility index (Phi) is 6.14. The second kappa shape index (κ2) is 7.20. The zero-order chi connectivity index (χ0) is 14.0. The van der Waals surface area contributed by atoms with E-state index in [-0.39, 0.29) is 5.97 Å². The van der Waals surface area contributed by atoms with Crippen molar-refractivity contribution in [2.45, 2.75) is 0 Å². The summed E-state index contributed by atoms with van der Waals surface area (Å²) in [6.45, 7) is 0. The van der Waals surface area contributed by atoms with Crippen LogP contribution < -0.4 is 4.74 Å². The van der Waals surface area contributed by atoms with Gasteiger partial charge in [-0.3, -0.25) is 0 Å². The van der Waals surface area contributed by atoms with Gasteiger partial charge in [0.15, 0.2) is 0 Å². The molecule has 0 bridgehead atoms. The highest BCUT2D eigenvalue weighted by molar-refractivity contribution is 14.1. The summed E-state index contributed by atoms with van der Waals surface area (Å²) in [5, 5.41) is 0. The molecule has 0 heterocycles. The maximum absolute atomic E-state index is 12.1. The summed E-state index contributed by atoms with van der Waals surface area (Å²) in [5.41, 5.74) is 0.578. The third-order valence-corrected chi connectivity index (χ3v) is 8.08. The highest BCUT2D eigenvalue weighted by Crippen LogP contribution is 2.25. The Morgan fingerprint density at radius 2 is 1.47 bits per heavy atom. The van der Waals surface area contributed by atoms with Crippen molar-refractivity contribution in [3.8, 4) is 5.75 Å².